The zero-order valence-electron chi connectivity index (χ0n) is 9.54. The molecule has 4 nitrogen and oxygen atoms in total. The van der Waals surface area contributed by atoms with Gasteiger partial charge in [0.1, 0.15) is 0 Å². The number of thiophene rings is 1. The van der Waals surface area contributed by atoms with Crippen molar-refractivity contribution in [3.8, 4) is 6.07 Å². The van der Waals surface area contributed by atoms with E-state index < -0.39 is 4.92 Å². The minimum Gasteiger partial charge on any atom is -0.258 e. The smallest absolute Gasteiger partial charge is 0.258 e. The Morgan fingerprint density at radius 2 is 2.11 bits per heavy atom. The Hall–Kier alpha value is -1.97. The molecule has 1 aromatic heterocycles. The number of allylic oxidation sites excluding steroid dienone is 1. The monoisotopic (exact) mass is 334 g/mol. The summed E-state index contributed by atoms with van der Waals surface area (Å²) in [7, 11) is 0. The number of rotatable bonds is 3. The quantitative estimate of drug-likeness (QED) is 0.472. The van der Waals surface area contributed by atoms with Crippen molar-refractivity contribution in [2.24, 2.45) is 0 Å². The Kier molecular flexibility index (Phi) is 4.10. The normalized spacial score (nSPS) is 11.1. The van der Waals surface area contributed by atoms with Gasteiger partial charge in [-0.2, -0.15) is 5.26 Å². The topological polar surface area (TPSA) is 66.9 Å². The molecule has 19 heavy (non-hydrogen) atoms. The molecular weight excluding hydrogens is 328 g/mol. The van der Waals surface area contributed by atoms with Crippen molar-refractivity contribution in [1.82, 2.24) is 0 Å². The number of hydrogen-bond acceptors (Lipinski definition) is 4. The lowest BCUT2D eigenvalue weighted by molar-refractivity contribution is -0.384. The van der Waals surface area contributed by atoms with Crippen molar-refractivity contribution in [2.75, 3.05) is 0 Å². The van der Waals surface area contributed by atoms with E-state index in [9.17, 15) is 10.1 Å². The van der Waals surface area contributed by atoms with E-state index >= 15 is 0 Å². The van der Waals surface area contributed by atoms with Crippen molar-refractivity contribution < 1.29 is 4.92 Å². The summed E-state index contributed by atoms with van der Waals surface area (Å²) in [6.07, 6.45) is 1.76. The third kappa shape index (κ3) is 3.28. The molecule has 0 unspecified atom stereocenters. The molecule has 0 spiro atoms. The van der Waals surface area contributed by atoms with Crippen molar-refractivity contribution in [2.45, 2.75) is 0 Å². The highest BCUT2D eigenvalue weighted by atomic mass is 79.9. The van der Waals surface area contributed by atoms with Crippen molar-refractivity contribution in [3.63, 3.8) is 0 Å². The summed E-state index contributed by atoms with van der Waals surface area (Å²) in [6.45, 7) is 0. The zero-order valence-corrected chi connectivity index (χ0v) is 11.9. The molecule has 1 aromatic carbocycles. The van der Waals surface area contributed by atoms with Gasteiger partial charge in [-0.1, -0.05) is 0 Å². The molecule has 0 radical (unpaired) electrons. The fourth-order valence-electron chi connectivity index (χ4n) is 1.49. The molecule has 6 heteroatoms. The lowest BCUT2D eigenvalue weighted by Crippen LogP contribution is -1.88. The van der Waals surface area contributed by atoms with Gasteiger partial charge in [-0.05, 0) is 45.8 Å². The Morgan fingerprint density at radius 3 is 2.58 bits per heavy atom. The maximum atomic E-state index is 10.6. The van der Waals surface area contributed by atoms with Gasteiger partial charge in [-0.3, -0.25) is 10.1 Å². The first-order valence-electron chi connectivity index (χ1n) is 5.21. The lowest BCUT2D eigenvalue weighted by Gasteiger charge is -1.98. The maximum Gasteiger partial charge on any atom is 0.269 e. The second-order valence-electron chi connectivity index (χ2n) is 3.64. The second-order valence-corrected chi connectivity index (χ2v) is 5.50. The van der Waals surface area contributed by atoms with Crippen LogP contribution in [0.15, 0.2) is 40.2 Å². The van der Waals surface area contributed by atoms with Crippen LogP contribution in [-0.2, 0) is 0 Å². The standard InChI is InChI=1S/C13H7BrN2O2S/c14-11-6-13(19-8-11)5-10(7-15)9-1-3-12(4-2-9)16(17)18/h1-6,8H. The van der Waals surface area contributed by atoms with Crippen LogP contribution in [0.2, 0.25) is 0 Å². The lowest BCUT2D eigenvalue weighted by atomic mass is 10.1. The van der Waals surface area contributed by atoms with E-state index in [0.717, 1.165) is 9.35 Å². The Morgan fingerprint density at radius 1 is 1.42 bits per heavy atom. The summed E-state index contributed by atoms with van der Waals surface area (Å²) in [5.74, 6) is 0. The van der Waals surface area contributed by atoms with Gasteiger partial charge in [0.05, 0.1) is 16.6 Å². The molecule has 2 aromatic rings. The SMILES string of the molecule is N#CC(=Cc1cc(Br)cs1)c1ccc([N+](=O)[O-])cc1. The Labute approximate surface area is 121 Å². The van der Waals surface area contributed by atoms with E-state index in [4.69, 9.17) is 5.26 Å². The molecule has 0 aliphatic rings. The molecule has 0 amide bonds. The highest BCUT2D eigenvalue weighted by Crippen LogP contribution is 2.25. The van der Waals surface area contributed by atoms with Crippen LogP contribution >= 0.6 is 27.3 Å². The van der Waals surface area contributed by atoms with Crippen LogP contribution in [-0.4, -0.2) is 4.92 Å². The largest absolute Gasteiger partial charge is 0.269 e. The molecule has 0 saturated heterocycles. The summed E-state index contributed by atoms with van der Waals surface area (Å²) in [5.41, 5.74) is 1.15. The zero-order chi connectivity index (χ0) is 13.8. The van der Waals surface area contributed by atoms with Gasteiger partial charge < -0.3 is 0 Å². The predicted molar refractivity (Wildman–Crippen MR) is 78.6 cm³/mol. The van der Waals surface area contributed by atoms with Gasteiger partial charge in [0.2, 0.25) is 0 Å². The third-order valence-electron chi connectivity index (χ3n) is 2.38. The van der Waals surface area contributed by atoms with Crippen LogP contribution in [0.25, 0.3) is 11.6 Å². The van der Waals surface area contributed by atoms with Crippen LogP contribution in [0.4, 0.5) is 5.69 Å². The van der Waals surface area contributed by atoms with E-state index in [2.05, 4.69) is 22.0 Å². The Bertz CT molecular complexity index is 683. The molecule has 1 heterocycles. The predicted octanol–water partition coefficient (Wildman–Crippen LogP) is 4.48. The summed E-state index contributed by atoms with van der Waals surface area (Å²) in [6, 6.07) is 9.96. The third-order valence-corrected chi connectivity index (χ3v) is 4.02. The van der Waals surface area contributed by atoms with E-state index in [1.165, 1.54) is 23.5 Å². The van der Waals surface area contributed by atoms with E-state index in [1.807, 2.05) is 11.4 Å². The van der Waals surface area contributed by atoms with Gasteiger partial charge >= 0.3 is 0 Å². The molecule has 0 atom stereocenters. The second kappa shape index (κ2) is 5.78. The first kappa shape index (κ1) is 13.5. The molecule has 0 bridgehead atoms. The van der Waals surface area contributed by atoms with Crippen LogP contribution < -0.4 is 0 Å². The highest BCUT2D eigenvalue weighted by Gasteiger charge is 2.07. The fourth-order valence-corrected chi connectivity index (χ4v) is 2.87. The maximum absolute atomic E-state index is 10.6. The first-order chi connectivity index (χ1) is 9.10. The number of nitro benzene ring substituents is 1. The van der Waals surface area contributed by atoms with Gasteiger partial charge in [0.25, 0.3) is 5.69 Å². The summed E-state index contributed by atoms with van der Waals surface area (Å²) >= 11 is 4.86. The van der Waals surface area contributed by atoms with Crippen LogP contribution in [0.3, 0.4) is 0 Å². The summed E-state index contributed by atoms with van der Waals surface area (Å²) in [5, 5.41) is 21.7. The molecule has 0 saturated carbocycles. The van der Waals surface area contributed by atoms with E-state index in [1.54, 1.807) is 18.2 Å². The van der Waals surface area contributed by atoms with E-state index in [-0.39, 0.29) is 5.69 Å². The van der Waals surface area contributed by atoms with Gasteiger partial charge in [-0.25, -0.2) is 0 Å². The first-order valence-corrected chi connectivity index (χ1v) is 6.88. The molecule has 0 fully saturated rings. The minimum absolute atomic E-state index is 0.0138. The molecule has 2 rings (SSSR count). The average molecular weight is 335 g/mol. The minimum atomic E-state index is -0.462. The number of nitrogens with zero attached hydrogens (tertiary/aromatic N) is 2. The van der Waals surface area contributed by atoms with Crippen LogP contribution in [0.1, 0.15) is 10.4 Å². The Balaban J connectivity index is 2.35. The average Bonchev–Trinajstić information content (AvgIpc) is 2.81. The van der Waals surface area contributed by atoms with Crippen molar-refractivity contribution in [1.29, 1.82) is 5.26 Å². The van der Waals surface area contributed by atoms with Crippen LogP contribution in [0.5, 0.6) is 0 Å². The van der Waals surface area contributed by atoms with Gasteiger partial charge in [0, 0.05) is 26.9 Å². The highest BCUT2D eigenvalue weighted by molar-refractivity contribution is 9.10. The fraction of sp³-hybridized carbons (Fsp3) is 0. The van der Waals surface area contributed by atoms with E-state index in [0.29, 0.717) is 11.1 Å². The molecule has 0 aliphatic heterocycles. The number of hydrogen-bond donors (Lipinski definition) is 0. The molecule has 94 valence electrons. The summed E-state index contributed by atoms with van der Waals surface area (Å²) in [4.78, 5) is 11.1. The summed E-state index contributed by atoms with van der Waals surface area (Å²) < 4.78 is 0.963. The van der Waals surface area contributed by atoms with Crippen molar-refractivity contribution >= 4 is 44.6 Å². The van der Waals surface area contributed by atoms with Crippen molar-refractivity contribution in [3.05, 3.63) is 60.7 Å². The van der Waals surface area contributed by atoms with Gasteiger partial charge in [-0.15, -0.1) is 11.3 Å². The van der Waals surface area contributed by atoms with Gasteiger partial charge in [0.15, 0.2) is 0 Å². The number of benzene rings is 1. The molecule has 0 aliphatic carbocycles. The number of non-ortho nitro benzene ring substituents is 1. The number of nitriles is 1. The molecular formula is C13H7BrN2O2S. The molecule has 0 N–H and O–H groups in total. The number of halogens is 1. The number of nitro groups is 1. The van der Waals surface area contributed by atoms with Crippen LogP contribution in [0, 0.1) is 21.4 Å².